The smallest absolute Gasteiger partial charge is 0.225 e. The predicted octanol–water partition coefficient (Wildman–Crippen LogP) is 2.22. The average Bonchev–Trinajstić information content (AvgIpc) is 3.31. The van der Waals surface area contributed by atoms with Crippen LogP contribution in [0.1, 0.15) is 36.8 Å². The predicted molar refractivity (Wildman–Crippen MR) is 89.2 cm³/mol. The molecule has 1 aliphatic heterocycles. The second-order valence-corrected chi connectivity index (χ2v) is 6.25. The Morgan fingerprint density at radius 2 is 2.25 bits per heavy atom. The summed E-state index contributed by atoms with van der Waals surface area (Å²) in [6.07, 6.45) is 4.22. The van der Waals surface area contributed by atoms with E-state index in [-0.39, 0.29) is 11.9 Å². The molecular formula is C17H20N6O. The number of fused-ring (bicyclic) bond motifs is 1. The van der Waals surface area contributed by atoms with Crippen molar-refractivity contribution in [2.24, 2.45) is 0 Å². The van der Waals surface area contributed by atoms with E-state index in [2.05, 4.69) is 20.3 Å². The molecule has 0 saturated carbocycles. The van der Waals surface area contributed by atoms with Crippen LogP contribution < -0.4 is 0 Å². The van der Waals surface area contributed by atoms with Crippen molar-refractivity contribution in [3.8, 4) is 0 Å². The number of aromatic nitrogens is 5. The molecule has 1 atom stereocenters. The van der Waals surface area contributed by atoms with Crippen molar-refractivity contribution >= 4 is 16.9 Å². The Kier molecular flexibility index (Phi) is 3.76. The van der Waals surface area contributed by atoms with Crippen molar-refractivity contribution in [2.45, 2.75) is 38.8 Å². The molecule has 1 fully saturated rings. The van der Waals surface area contributed by atoms with E-state index in [1.54, 1.807) is 4.68 Å². The van der Waals surface area contributed by atoms with Crippen LogP contribution in [0.5, 0.6) is 0 Å². The van der Waals surface area contributed by atoms with Crippen LogP contribution in [-0.4, -0.2) is 42.3 Å². The normalized spacial score (nSPS) is 17.7. The van der Waals surface area contributed by atoms with Crippen LogP contribution in [-0.2, 0) is 11.3 Å². The van der Waals surface area contributed by atoms with Crippen molar-refractivity contribution in [1.29, 1.82) is 0 Å². The van der Waals surface area contributed by atoms with E-state index < -0.39 is 0 Å². The molecule has 7 heteroatoms. The molecule has 7 nitrogen and oxygen atoms in total. The number of aromatic amines is 1. The Morgan fingerprint density at radius 3 is 3.08 bits per heavy atom. The van der Waals surface area contributed by atoms with Crippen molar-refractivity contribution in [3.05, 3.63) is 42.0 Å². The fourth-order valence-corrected chi connectivity index (χ4v) is 3.38. The molecule has 1 saturated heterocycles. The molecule has 24 heavy (non-hydrogen) atoms. The van der Waals surface area contributed by atoms with Gasteiger partial charge in [-0.05, 0) is 31.9 Å². The Bertz CT molecular complexity index is 867. The number of nitrogens with zero attached hydrogens (tertiary/aromatic N) is 5. The van der Waals surface area contributed by atoms with E-state index in [0.717, 1.165) is 41.9 Å². The molecule has 0 aliphatic carbocycles. The van der Waals surface area contributed by atoms with E-state index in [0.29, 0.717) is 13.0 Å². The fourth-order valence-electron chi connectivity index (χ4n) is 3.38. The Labute approximate surface area is 139 Å². The van der Waals surface area contributed by atoms with Crippen LogP contribution in [0.3, 0.4) is 0 Å². The van der Waals surface area contributed by atoms with Gasteiger partial charge in [-0.2, -0.15) is 0 Å². The first kappa shape index (κ1) is 14.9. The number of hydrogen-bond acceptors (Lipinski definition) is 4. The zero-order chi connectivity index (χ0) is 16.5. The van der Waals surface area contributed by atoms with Crippen LogP contribution in [0.25, 0.3) is 11.0 Å². The molecule has 2 aromatic heterocycles. The number of amides is 1. The number of aryl methyl sites for hydroxylation is 2. The maximum absolute atomic E-state index is 12.7. The minimum Gasteiger partial charge on any atom is -0.344 e. The van der Waals surface area contributed by atoms with Gasteiger partial charge in [0.25, 0.3) is 0 Å². The Morgan fingerprint density at radius 1 is 1.38 bits per heavy atom. The van der Waals surface area contributed by atoms with Gasteiger partial charge in [-0.15, -0.1) is 5.10 Å². The topological polar surface area (TPSA) is 79.7 Å². The maximum Gasteiger partial charge on any atom is 0.225 e. The molecule has 1 N–H and O–H groups in total. The Hall–Kier alpha value is -2.70. The van der Waals surface area contributed by atoms with Gasteiger partial charge in [-0.3, -0.25) is 4.79 Å². The van der Waals surface area contributed by atoms with Gasteiger partial charge in [0.05, 0.1) is 18.1 Å². The third kappa shape index (κ3) is 2.66. The van der Waals surface area contributed by atoms with Gasteiger partial charge in [-0.1, -0.05) is 17.3 Å². The van der Waals surface area contributed by atoms with E-state index in [9.17, 15) is 4.79 Å². The van der Waals surface area contributed by atoms with E-state index >= 15 is 0 Å². The number of nitrogens with one attached hydrogen (secondary N) is 1. The highest BCUT2D eigenvalue weighted by molar-refractivity contribution is 5.77. The lowest BCUT2D eigenvalue weighted by atomic mass is 10.2. The summed E-state index contributed by atoms with van der Waals surface area (Å²) in [5.74, 6) is 1.04. The van der Waals surface area contributed by atoms with Gasteiger partial charge in [0, 0.05) is 24.9 Å². The van der Waals surface area contributed by atoms with Crippen LogP contribution in [0.4, 0.5) is 0 Å². The first-order valence-corrected chi connectivity index (χ1v) is 8.31. The van der Waals surface area contributed by atoms with Crippen LogP contribution in [0.15, 0.2) is 30.5 Å². The van der Waals surface area contributed by atoms with E-state index in [4.69, 9.17) is 0 Å². The second kappa shape index (κ2) is 6.07. The standard InChI is InChI=1S/C17H20N6O/c1-12-11-18-17(19-12)15-7-4-9-22(15)16(24)8-10-23-14-6-3-2-5-13(14)20-21-23/h2-3,5-6,11,15H,4,7-10H2,1H3,(H,18,19). The van der Waals surface area contributed by atoms with Gasteiger partial charge >= 0.3 is 0 Å². The lowest BCUT2D eigenvalue weighted by molar-refractivity contribution is -0.132. The molecule has 3 aromatic rings. The highest BCUT2D eigenvalue weighted by Gasteiger charge is 2.31. The minimum atomic E-state index is 0.0682. The van der Waals surface area contributed by atoms with Crippen LogP contribution in [0, 0.1) is 6.92 Å². The summed E-state index contributed by atoms with van der Waals surface area (Å²) in [6, 6.07) is 7.87. The molecule has 0 spiro atoms. The van der Waals surface area contributed by atoms with Crippen molar-refractivity contribution in [2.75, 3.05) is 6.54 Å². The van der Waals surface area contributed by atoms with Gasteiger partial charge in [-0.25, -0.2) is 9.67 Å². The van der Waals surface area contributed by atoms with Crippen molar-refractivity contribution in [1.82, 2.24) is 29.9 Å². The number of benzene rings is 1. The number of carbonyl (C=O) groups excluding carboxylic acids is 1. The molecule has 0 radical (unpaired) electrons. The number of H-pyrrole nitrogens is 1. The number of imidazole rings is 1. The summed E-state index contributed by atoms with van der Waals surface area (Å²) in [4.78, 5) is 22.3. The van der Waals surface area contributed by atoms with Crippen molar-refractivity contribution < 1.29 is 4.79 Å². The van der Waals surface area contributed by atoms with Gasteiger partial charge < -0.3 is 9.88 Å². The first-order chi connectivity index (χ1) is 11.7. The molecule has 1 unspecified atom stereocenters. The Balaban J connectivity index is 1.45. The summed E-state index contributed by atoms with van der Waals surface area (Å²) in [6.45, 7) is 3.31. The van der Waals surface area contributed by atoms with Crippen LogP contribution in [0.2, 0.25) is 0 Å². The van der Waals surface area contributed by atoms with Gasteiger partial charge in [0.2, 0.25) is 5.91 Å². The number of hydrogen-bond donors (Lipinski definition) is 1. The van der Waals surface area contributed by atoms with E-state index in [1.807, 2.05) is 42.3 Å². The summed E-state index contributed by atoms with van der Waals surface area (Å²) in [7, 11) is 0. The SMILES string of the molecule is Cc1cnc(C2CCCN2C(=O)CCn2nnc3ccccc32)[nH]1. The maximum atomic E-state index is 12.7. The number of para-hydroxylation sites is 1. The highest BCUT2D eigenvalue weighted by atomic mass is 16.2. The minimum absolute atomic E-state index is 0.0682. The molecular weight excluding hydrogens is 304 g/mol. The largest absolute Gasteiger partial charge is 0.344 e. The molecule has 124 valence electrons. The third-order valence-electron chi connectivity index (χ3n) is 4.57. The molecule has 1 amide bonds. The average molecular weight is 324 g/mol. The van der Waals surface area contributed by atoms with Crippen molar-refractivity contribution in [3.63, 3.8) is 0 Å². The molecule has 4 rings (SSSR count). The monoisotopic (exact) mass is 324 g/mol. The van der Waals surface area contributed by atoms with Gasteiger partial charge in [0.15, 0.2) is 0 Å². The zero-order valence-corrected chi connectivity index (χ0v) is 13.6. The zero-order valence-electron chi connectivity index (χ0n) is 13.6. The molecule has 1 aromatic carbocycles. The lowest BCUT2D eigenvalue weighted by Gasteiger charge is -2.23. The molecule has 0 bridgehead atoms. The summed E-state index contributed by atoms with van der Waals surface area (Å²) in [5, 5.41) is 8.28. The van der Waals surface area contributed by atoms with E-state index in [1.165, 1.54) is 0 Å². The quantitative estimate of drug-likeness (QED) is 0.798. The van der Waals surface area contributed by atoms with Crippen LogP contribution >= 0.6 is 0 Å². The summed E-state index contributed by atoms with van der Waals surface area (Å²) < 4.78 is 1.80. The number of carbonyl (C=O) groups is 1. The summed E-state index contributed by atoms with van der Waals surface area (Å²) >= 11 is 0. The number of rotatable bonds is 4. The second-order valence-electron chi connectivity index (χ2n) is 6.25. The molecule has 1 aliphatic rings. The molecule has 3 heterocycles. The lowest BCUT2D eigenvalue weighted by Crippen LogP contribution is -2.31. The van der Waals surface area contributed by atoms with Gasteiger partial charge in [0.1, 0.15) is 11.3 Å². The fraction of sp³-hybridized carbons (Fsp3) is 0.412. The number of likely N-dealkylation sites (tertiary alicyclic amines) is 1. The highest BCUT2D eigenvalue weighted by Crippen LogP contribution is 2.30. The third-order valence-corrected chi connectivity index (χ3v) is 4.57. The summed E-state index contributed by atoms with van der Waals surface area (Å²) in [5.41, 5.74) is 2.85. The first-order valence-electron chi connectivity index (χ1n) is 8.31.